The van der Waals surface area contributed by atoms with Crippen molar-refractivity contribution in [2.24, 2.45) is 5.73 Å². The van der Waals surface area contributed by atoms with E-state index in [1.54, 1.807) is 0 Å². The van der Waals surface area contributed by atoms with Gasteiger partial charge in [0, 0.05) is 18.8 Å². The van der Waals surface area contributed by atoms with Crippen LogP contribution >= 0.6 is 0 Å². The maximum atomic E-state index is 5.95. The summed E-state index contributed by atoms with van der Waals surface area (Å²) in [5.74, 6) is 0. The van der Waals surface area contributed by atoms with E-state index in [9.17, 15) is 0 Å². The van der Waals surface area contributed by atoms with Crippen LogP contribution in [0.3, 0.4) is 0 Å². The molecule has 1 unspecified atom stereocenters. The molecule has 0 amide bonds. The molecule has 0 fully saturated rings. The van der Waals surface area contributed by atoms with Crippen molar-refractivity contribution < 1.29 is 0 Å². The van der Waals surface area contributed by atoms with Gasteiger partial charge in [0.25, 0.3) is 0 Å². The van der Waals surface area contributed by atoms with Crippen molar-refractivity contribution in [1.82, 2.24) is 10.2 Å². The molecule has 0 saturated carbocycles. The zero-order chi connectivity index (χ0) is 10.4. The average molecular weight is 195 g/mol. The maximum absolute atomic E-state index is 5.95. The van der Waals surface area contributed by atoms with Crippen LogP contribution in [-0.2, 0) is 0 Å². The van der Waals surface area contributed by atoms with Crippen LogP contribution in [0, 0.1) is 0 Å². The first-order valence-corrected chi connectivity index (χ1v) is 5.41. The second kappa shape index (κ2) is 5.70. The summed E-state index contributed by atoms with van der Waals surface area (Å²) in [5.41, 5.74) is 6.86. The number of allylic oxidation sites excluding steroid dienone is 2. The number of nitrogens with two attached hydrogens (primary N) is 1. The van der Waals surface area contributed by atoms with Gasteiger partial charge in [-0.05, 0) is 31.2 Å². The van der Waals surface area contributed by atoms with E-state index in [1.807, 2.05) is 18.4 Å². The quantitative estimate of drug-likeness (QED) is 0.696. The molecular weight excluding hydrogens is 174 g/mol. The Morgan fingerprint density at radius 1 is 1.36 bits per heavy atom. The number of hydrogen-bond acceptors (Lipinski definition) is 3. The number of nitrogens with zero attached hydrogens (tertiary/aromatic N) is 1. The molecule has 0 aliphatic carbocycles. The van der Waals surface area contributed by atoms with Crippen molar-refractivity contribution in [2.75, 3.05) is 13.1 Å². The van der Waals surface area contributed by atoms with Gasteiger partial charge in [-0.25, -0.2) is 0 Å². The highest BCUT2D eigenvalue weighted by Crippen LogP contribution is 2.08. The molecule has 1 aliphatic heterocycles. The first kappa shape index (κ1) is 11.1. The van der Waals surface area contributed by atoms with Gasteiger partial charge in [-0.1, -0.05) is 13.8 Å². The van der Waals surface area contributed by atoms with Gasteiger partial charge in [-0.2, -0.15) is 0 Å². The van der Waals surface area contributed by atoms with Gasteiger partial charge in [0.2, 0.25) is 0 Å². The summed E-state index contributed by atoms with van der Waals surface area (Å²) in [6.07, 6.45) is 8.39. The monoisotopic (exact) mass is 195 g/mol. The number of hydrogen-bond donors (Lipinski definition) is 2. The number of dihydropyridines is 1. The van der Waals surface area contributed by atoms with E-state index in [2.05, 4.69) is 24.1 Å². The Labute approximate surface area is 86.7 Å². The van der Waals surface area contributed by atoms with Gasteiger partial charge in [-0.3, -0.25) is 4.90 Å². The fourth-order valence-corrected chi connectivity index (χ4v) is 1.75. The molecule has 0 spiro atoms. The third-order valence-electron chi connectivity index (χ3n) is 2.34. The molecule has 1 atom stereocenters. The van der Waals surface area contributed by atoms with Crippen molar-refractivity contribution in [3.8, 4) is 0 Å². The van der Waals surface area contributed by atoms with Crippen LogP contribution < -0.4 is 11.1 Å². The molecular formula is C11H21N3. The van der Waals surface area contributed by atoms with Crippen molar-refractivity contribution in [1.29, 1.82) is 0 Å². The van der Waals surface area contributed by atoms with Crippen LogP contribution in [0.5, 0.6) is 0 Å². The largest absolute Gasteiger partial charge is 0.399 e. The molecule has 0 saturated heterocycles. The second-order valence-corrected chi connectivity index (χ2v) is 3.63. The van der Waals surface area contributed by atoms with Crippen molar-refractivity contribution in [3.63, 3.8) is 0 Å². The maximum Gasteiger partial charge on any atom is 0.120 e. The van der Waals surface area contributed by atoms with Crippen molar-refractivity contribution in [3.05, 3.63) is 24.0 Å². The predicted molar refractivity (Wildman–Crippen MR) is 60.5 cm³/mol. The average Bonchev–Trinajstić information content (AvgIpc) is 2.18. The Hall–Kier alpha value is -0.960. The lowest BCUT2D eigenvalue weighted by Crippen LogP contribution is -2.48. The van der Waals surface area contributed by atoms with E-state index in [0.717, 1.165) is 31.6 Å². The highest BCUT2D eigenvalue weighted by atomic mass is 15.3. The fraction of sp³-hybridized carbons (Fsp3) is 0.636. The fourth-order valence-electron chi connectivity index (χ4n) is 1.75. The number of rotatable bonds is 5. The normalized spacial score (nSPS) is 20.8. The van der Waals surface area contributed by atoms with Gasteiger partial charge in [0.1, 0.15) is 6.17 Å². The van der Waals surface area contributed by atoms with Crippen LogP contribution in [0.25, 0.3) is 0 Å². The van der Waals surface area contributed by atoms with E-state index in [4.69, 9.17) is 5.73 Å². The SMILES string of the molecule is CCCN(CCC)C1NC=CC=C1N. The number of nitrogens with one attached hydrogen (secondary N) is 1. The highest BCUT2D eigenvalue weighted by molar-refractivity contribution is 5.19. The minimum atomic E-state index is 0.194. The summed E-state index contributed by atoms with van der Waals surface area (Å²) in [6, 6.07) is 0. The molecule has 3 N–H and O–H groups in total. The molecule has 1 heterocycles. The molecule has 3 nitrogen and oxygen atoms in total. The van der Waals surface area contributed by atoms with E-state index < -0.39 is 0 Å². The lowest BCUT2D eigenvalue weighted by molar-refractivity contribution is 0.201. The molecule has 1 rings (SSSR count). The highest BCUT2D eigenvalue weighted by Gasteiger charge is 2.18. The molecule has 0 aromatic rings. The summed E-state index contributed by atoms with van der Waals surface area (Å²) in [5, 5.41) is 3.29. The molecule has 14 heavy (non-hydrogen) atoms. The van der Waals surface area contributed by atoms with Crippen LogP contribution in [0.15, 0.2) is 24.0 Å². The summed E-state index contributed by atoms with van der Waals surface area (Å²) in [4.78, 5) is 2.38. The van der Waals surface area contributed by atoms with Gasteiger partial charge < -0.3 is 11.1 Å². The van der Waals surface area contributed by atoms with E-state index in [-0.39, 0.29) is 6.17 Å². The Morgan fingerprint density at radius 3 is 2.50 bits per heavy atom. The molecule has 3 heteroatoms. The van der Waals surface area contributed by atoms with Crippen LogP contribution in [0.1, 0.15) is 26.7 Å². The first-order valence-electron chi connectivity index (χ1n) is 5.41. The zero-order valence-electron chi connectivity index (χ0n) is 9.16. The molecule has 0 bridgehead atoms. The zero-order valence-corrected chi connectivity index (χ0v) is 9.16. The predicted octanol–water partition coefficient (Wildman–Crippen LogP) is 1.39. The minimum Gasteiger partial charge on any atom is -0.399 e. The van der Waals surface area contributed by atoms with Crippen molar-refractivity contribution in [2.45, 2.75) is 32.9 Å². The standard InChI is InChI=1S/C11H21N3/c1-3-8-14(9-4-2)11-10(12)6-5-7-13-11/h5-7,11,13H,3-4,8-9,12H2,1-2H3. The second-order valence-electron chi connectivity index (χ2n) is 3.63. The summed E-state index contributed by atoms with van der Waals surface area (Å²) < 4.78 is 0. The molecule has 0 aromatic carbocycles. The Bertz CT molecular complexity index is 215. The van der Waals surface area contributed by atoms with Gasteiger partial charge in [0.05, 0.1) is 0 Å². The smallest absolute Gasteiger partial charge is 0.120 e. The summed E-state index contributed by atoms with van der Waals surface area (Å²) in [7, 11) is 0. The Balaban J connectivity index is 2.58. The molecule has 80 valence electrons. The lowest BCUT2D eigenvalue weighted by Gasteiger charge is -2.33. The molecule has 0 aromatic heterocycles. The van der Waals surface area contributed by atoms with E-state index >= 15 is 0 Å². The third-order valence-corrected chi connectivity index (χ3v) is 2.34. The minimum absolute atomic E-state index is 0.194. The Morgan fingerprint density at radius 2 is 2.00 bits per heavy atom. The van der Waals surface area contributed by atoms with Gasteiger partial charge in [-0.15, -0.1) is 0 Å². The first-order chi connectivity index (χ1) is 6.79. The van der Waals surface area contributed by atoms with Crippen molar-refractivity contribution >= 4 is 0 Å². The lowest BCUT2D eigenvalue weighted by atomic mass is 10.2. The van der Waals surface area contributed by atoms with Gasteiger partial charge in [0.15, 0.2) is 0 Å². The van der Waals surface area contributed by atoms with Crippen LogP contribution in [0.4, 0.5) is 0 Å². The van der Waals surface area contributed by atoms with Crippen LogP contribution in [-0.4, -0.2) is 24.2 Å². The van der Waals surface area contributed by atoms with E-state index in [0.29, 0.717) is 0 Å². The van der Waals surface area contributed by atoms with E-state index in [1.165, 1.54) is 0 Å². The third kappa shape index (κ3) is 2.77. The van der Waals surface area contributed by atoms with Crippen LogP contribution in [0.2, 0.25) is 0 Å². The van der Waals surface area contributed by atoms with Gasteiger partial charge >= 0.3 is 0 Å². The summed E-state index contributed by atoms with van der Waals surface area (Å²) >= 11 is 0. The molecule has 1 aliphatic rings. The molecule has 0 radical (unpaired) electrons. The Kier molecular flexibility index (Phi) is 4.53. The topological polar surface area (TPSA) is 41.3 Å². The summed E-state index contributed by atoms with van der Waals surface area (Å²) in [6.45, 7) is 6.57.